The first-order valence-corrected chi connectivity index (χ1v) is 5.04. The second-order valence-corrected chi connectivity index (χ2v) is 4.36. The van der Waals surface area contributed by atoms with Gasteiger partial charge in [0.25, 0.3) is 0 Å². The Morgan fingerprint density at radius 3 is 2.79 bits per heavy atom. The number of aromatic amines is 1. The molecule has 1 aromatic heterocycles. The normalized spacial score (nSPS) is 18.8. The molecule has 0 atom stereocenters. The van der Waals surface area contributed by atoms with Crippen molar-refractivity contribution in [3.05, 3.63) is 5.82 Å². The average Bonchev–Trinajstić information content (AvgIpc) is 2.70. The molecule has 5 nitrogen and oxygen atoms in total. The Bertz CT molecular complexity index is 279. The van der Waals surface area contributed by atoms with E-state index >= 15 is 0 Å². The minimum absolute atomic E-state index is 0.300. The van der Waals surface area contributed by atoms with Gasteiger partial charge in [0, 0.05) is 11.8 Å². The molecule has 5 heteroatoms. The highest BCUT2D eigenvalue weighted by Crippen LogP contribution is 2.48. The van der Waals surface area contributed by atoms with E-state index < -0.39 is 0 Å². The average molecular weight is 196 g/mol. The fraction of sp³-hybridized carbons (Fsp3) is 0.889. The van der Waals surface area contributed by atoms with Crippen LogP contribution in [0.5, 0.6) is 0 Å². The lowest BCUT2D eigenvalue weighted by atomic mass is 10.0. The van der Waals surface area contributed by atoms with Crippen molar-refractivity contribution in [2.24, 2.45) is 5.41 Å². The van der Waals surface area contributed by atoms with Crippen molar-refractivity contribution in [1.82, 2.24) is 20.6 Å². The third-order valence-electron chi connectivity index (χ3n) is 2.60. The van der Waals surface area contributed by atoms with E-state index in [1.54, 1.807) is 0 Å². The van der Waals surface area contributed by atoms with Crippen molar-refractivity contribution >= 4 is 0 Å². The molecule has 0 radical (unpaired) electrons. The van der Waals surface area contributed by atoms with E-state index in [1.165, 1.54) is 12.8 Å². The fourth-order valence-corrected chi connectivity index (χ4v) is 1.49. The topological polar surface area (TPSA) is 63.7 Å². The van der Waals surface area contributed by atoms with Crippen LogP contribution >= 0.6 is 0 Å². The molecular formula is C9H16N4O. The van der Waals surface area contributed by atoms with Gasteiger partial charge >= 0.3 is 0 Å². The molecule has 0 aliphatic heterocycles. The molecule has 0 amide bonds. The van der Waals surface area contributed by atoms with Crippen LogP contribution in [0.1, 0.15) is 32.5 Å². The van der Waals surface area contributed by atoms with Crippen molar-refractivity contribution < 1.29 is 4.74 Å². The molecule has 1 aliphatic carbocycles. The number of ether oxygens (including phenoxy) is 1. The highest BCUT2D eigenvalue weighted by atomic mass is 16.5. The maximum atomic E-state index is 5.63. The number of hydrogen-bond donors (Lipinski definition) is 1. The SMILES string of the molecule is CC(C)OCC1(Cc2nn[nH]n2)CC1. The fourth-order valence-electron chi connectivity index (χ4n) is 1.49. The van der Waals surface area contributed by atoms with Gasteiger partial charge in [-0.1, -0.05) is 5.21 Å². The van der Waals surface area contributed by atoms with Gasteiger partial charge in [0.2, 0.25) is 0 Å². The number of H-pyrrole nitrogens is 1. The summed E-state index contributed by atoms with van der Waals surface area (Å²) in [5.74, 6) is 0.801. The molecule has 2 rings (SSSR count). The molecule has 0 unspecified atom stereocenters. The quantitative estimate of drug-likeness (QED) is 0.761. The van der Waals surface area contributed by atoms with Crippen LogP contribution < -0.4 is 0 Å². The third kappa shape index (κ3) is 2.29. The maximum Gasteiger partial charge on any atom is 0.175 e. The highest BCUT2D eigenvalue weighted by Gasteiger charge is 2.44. The third-order valence-corrected chi connectivity index (χ3v) is 2.60. The number of tetrazole rings is 1. The minimum atomic E-state index is 0.300. The first-order chi connectivity index (χ1) is 6.70. The van der Waals surface area contributed by atoms with Crippen molar-refractivity contribution in [3.63, 3.8) is 0 Å². The molecule has 0 aromatic carbocycles. The zero-order valence-electron chi connectivity index (χ0n) is 8.66. The van der Waals surface area contributed by atoms with Crippen molar-refractivity contribution in [3.8, 4) is 0 Å². The van der Waals surface area contributed by atoms with Crippen LogP contribution in [-0.4, -0.2) is 33.3 Å². The lowest BCUT2D eigenvalue weighted by Crippen LogP contribution is -2.17. The molecule has 0 spiro atoms. The summed E-state index contributed by atoms with van der Waals surface area (Å²) in [6.07, 6.45) is 3.62. The molecule has 1 aliphatic rings. The Morgan fingerprint density at radius 2 is 2.29 bits per heavy atom. The van der Waals surface area contributed by atoms with Crippen LogP contribution in [0.4, 0.5) is 0 Å². The second-order valence-electron chi connectivity index (χ2n) is 4.36. The molecule has 1 aromatic rings. The van der Waals surface area contributed by atoms with E-state index in [1.807, 2.05) is 0 Å². The Kier molecular flexibility index (Phi) is 2.50. The van der Waals surface area contributed by atoms with Gasteiger partial charge in [-0.25, -0.2) is 0 Å². The van der Waals surface area contributed by atoms with Gasteiger partial charge in [0.05, 0.1) is 12.7 Å². The summed E-state index contributed by atoms with van der Waals surface area (Å²) in [7, 11) is 0. The predicted molar refractivity (Wildman–Crippen MR) is 50.6 cm³/mol. The molecule has 1 saturated carbocycles. The Labute approximate surface area is 83.2 Å². The van der Waals surface area contributed by atoms with E-state index in [2.05, 4.69) is 34.5 Å². The summed E-state index contributed by atoms with van der Waals surface area (Å²) in [6, 6.07) is 0. The van der Waals surface area contributed by atoms with E-state index in [4.69, 9.17) is 4.74 Å². The standard InChI is InChI=1S/C9H16N4O/c1-7(2)14-6-9(3-4-9)5-8-10-12-13-11-8/h7H,3-6H2,1-2H3,(H,10,11,12,13). The number of hydrogen-bond acceptors (Lipinski definition) is 4. The van der Waals surface area contributed by atoms with Crippen LogP contribution in [0, 0.1) is 5.41 Å². The molecule has 1 fully saturated rings. The molecule has 14 heavy (non-hydrogen) atoms. The van der Waals surface area contributed by atoms with Crippen molar-refractivity contribution in [2.75, 3.05) is 6.61 Å². The zero-order valence-corrected chi connectivity index (χ0v) is 8.66. The minimum Gasteiger partial charge on any atom is -0.378 e. The molecule has 78 valence electrons. The van der Waals surface area contributed by atoms with Gasteiger partial charge in [0.15, 0.2) is 5.82 Å². The van der Waals surface area contributed by atoms with Crippen molar-refractivity contribution in [2.45, 2.75) is 39.2 Å². The van der Waals surface area contributed by atoms with Crippen LogP contribution in [-0.2, 0) is 11.2 Å². The van der Waals surface area contributed by atoms with Gasteiger partial charge in [-0.05, 0) is 26.7 Å². The number of rotatable bonds is 5. The van der Waals surface area contributed by atoms with Gasteiger partial charge in [-0.2, -0.15) is 5.21 Å². The summed E-state index contributed by atoms with van der Waals surface area (Å²) in [4.78, 5) is 0. The zero-order chi connectivity index (χ0) is 10.0. The van der Waals surface area contributed by atoms with E-state index in [-0.39, 0.29) is 0 Å². The monoisotopic (exact) mass is 196 g/mol. The first-order valence-electron chi connectivity index (χ1n) is 5.04. The van der Waals surface area contributed by atoms with Gasteiger partial charge in [-0.15, -0.1) is 10.2 Å². The van der Waals surface area contributed by atoms with E-state index in [0.29, 0.717) is 11.5 Å². The number of nitrogens with zero attached hydrogens (tertiary/aromatic N) is 3. The Hall–Kier alpha value is -0.970. The Morgan fingerprint density at radius 1 is 1.50 bits per heavy atom. The lowest BCUT2D eigenvalue weighted by Gasteiger charge is -2.15. The summed E-state index contributed by atoms with van der Waals surface area (Å²) in [5, 5.41) is 14.0. The maximum absolute atomic E-state index is 5.63. The van der Waals surface area contributed by atoms with Gasteiger partial charge in [0.1, 0.15) is 0 Å². The van der Waals surface area contributed by atoms with Crippen molar-refractivity contribution in [1.29, 1.82) is 0 Å². The summed E-state index contributed by atoms with van der Waals surface area (Å²) < 4.78 is 5.63. The predicted octanol–water partition coefficient (Wildman–Crippen LogP) is 0.947. The van der Waals surface area contributed by atoms with Crippen LogP contribution in [0.2, 0.25) is 0 Å². The summed E-state index contributed by atoms with van der Waals surface area (Å²) >= 11 is 0. The number of nitrogens with one attached hydrogen (secondary N) is 1. The molecular weight excluding hydrogens is 180 g/mol. The molecule has 0 saturated heterocycles. The second kappa shape index (κ2) is 3.65. The van der Waals surface area contributed by atoms with Crippen LogP contribution in [0.3, 0.4) is 0 Å². The first kappa shape index (κ1) is 9.58. The smallest absolute Gasteiger partial charge is 0.175 e. The lowest BCUT2D eigenvalue weighted by molar-refractivity contribution is 0.0429. The van der Waals surface area contributed by atoms with Crippen LogP contribution in [0.25, 0.3) is 0 Å². The van der Waals surface area contributed by atoms with E-state index in [0.717, 1.165) is 18.9 Å². The molecule has 1 N–H and O–H groups in total. The summed E-state index contributed by atoms with van der Waals surface area (Å²) in [6.45, 7) is 4.94. The Balaban J connectivity index is 1.84. The van der Waals surface area contributed by atoms with E-state index in [9.17, 15) is 0 Å². The largest absolute Gasteiger partial charge is 0.378 e. The van der Waals surface area contributed by atoms with Crippen LogP contribution in [0.15, 0.2) is 0 Å². The molecule has 1 heterocycles. The number of aromatic nitrogens is 4. The molecule has 0 bridgehead atoms. The summed E-state index contributed by atoms with van der Waals surface area (Å²) in [5.41, 5.74) is 0.300. The van der Waals surface area contributed by atoms with Gasteiger partial charge in [-0.3, -0.25) is 0 Å². The van der Waals surface area contributed by atoms with Gasteiger partial charge < -0.3 is 4.74 Å². The highest BCUT2D eigenvalue weighted by molar-refractivity contribution is 5.00.